The molecule has 1 aromatic rings. The Morgan fingerprint density at radius 3 is 2.56 bits per heavy atom. The maximum Gasteiger partial charge on any atom is 0.307 e. The van der Waals surface area contributed by atoms with Crippen molar-refractivity contribution in [3.05, 3.63) is 34.9 Å². The van der Waals surface area contributed by atoms with Crippen molar-refractivity contribution in [2.45, 2.75) is 19.4 Å². The summed E-state index contributed by atoms with van der Waals surface area (Å²) >= 11 is 5.77. The zero-order valence-electron chi connectivity index (χ0n) is 8.77. The van der Waals surface area contributed by atoms with Crippen molar-refractivity contribution >= 4 is 23.4 Å². The van der Waals surface area contributed by atoms with Crippen molar-refractivity contribution < 1.29 is 14.3 Å². The van der Waals surface area contributed by atoms with Gasteiger partial charge >= 0.3 is 5.97 Å². The minimum absolute atomic E-state index is 0.0224. The summed E-state index contributed by atoms with van der Waals surface area (Å²) in [5.74, 6) is -0.709. The summed E-state index contributed by atoms with van der Waals surface area (Å²) in [5, 5.41) is 0.618. The van der Waals surface area contributed by atoms with Gasteiger partial charge in [-0.1, -0.05) is 23.7 Å². The number of halogens is 1. The number of cyclic esters (lactones) is 1. The van der Waals surface area contributed by atoms with Crippen LogP contribution in [0, 0.1) is 5.92 Å². The smallest absolute Gasteiger partial charge is 0.307 e. The van der Waals surface area contributed by atoms with Gasteiger partial charge in [0.05, 0.1) is 12.3 Å². The van der Waals surface area contributed by atoms with E-state index >= 15 is 0 Å². The summed E-state index contributed by atoms with van der Waals surface area (Å²) in [4.78, 5) is 22.6. The Labute approximate surface area is 98.4 Å². The van der Waals surface area contributed by atoms with Crippen molar-refractivity contribution in [3.63, 3.8) is 0 Å². The van der Waals surface area contributed by atoms with Crippen molar-refractivity contribution in [3.8, 4) is 0 Å². The molecule has 0 aliphatic carbocycles. The van der Waals surface area contributed by atoms with Crippen LogP contribution in [-0.4, -0.2) is 11.8 Å². The van der Waals surface area contributed by atoms with E-state index in [1.54, 1.807) is 24.3 Å². The number of hydrogen-bond acceptors (Lipinski definition) is 3. The molecule has 1 aromatic carbocycles. The van der Waals surface area contributed by atoms with E-state index in [-0.39, 0.29) is 24.1 Å². The van der Waals surface area contributed by atoms with Crippen LogP contribution in [0.15, 0.2) is 24.3 Å². The number of Topliss-reactive ketones (excluding diaryl/α,β-unsaturated/α-hetero) is 1. The number of carbonyl (C=O) groups excluding carboxylic acids is 2. The van der Waals surface area contributed by atoms with Gasteiger partial charge in [0.2, 0.25) is 0 Å². The highest BCUT2D eigenvalue weighted by Gasteiger charge is 2.38. The predicted octanol–water partition coefficient (Wildman–Crippen LogP) is 2.53. The topological polar surface area (TPSA) is 43.4 Å². The summed E-state index contributed by atoms with van der Waals surface area (Å²) in [6.07, 6.45) is -0.287. The van der Waals surface area contributed by atoms with E-state index in [1.165, 1.54) is 6.92 Å². The second-order valence-electron chi connectivity index (χ2n) is 3.88. The van der Waals surface area contributed by atoms with Crippen molar-refractivity contribution in [1.29, 1.82) is 0 Å². The monoisotopic (exact) mass is 238 g/mol. The summed E-state index contributed by atoms with van der Waals surface area (Å²) in [5.41, 5.74) is 0.815. The number of hydrogen-bond donors (Lipinski definition) is 0. The van der Waals surface area contributed by atoms with Crippen LogP contribution in [0.4, 0.5) is 0 Å². The molecule has 3 nitrogen and oxygen atoms in total. The van der Waals surface area contributed by atoms with Crippen molar-refractivity contribution in [1.82, 2.24) is 0 Å². The lowest BCUT2D eigenvalue weighted by atomic mass is 9.92. The third-order valence-electron chi connectivity index (χ3n) is 2.73. The van der Waals surface area contributed by atoms with Gasteiger partial charge in [0.25, 0.3) is 0 Å². The maximum atomic E-state index is 11.4. The Balaban J connectivity index is 2.28. The molecule has 16 heavy (non-hydrogen) atoms. The molecule has 1 heterocycles. The highest BCUT2D eigenvalue weighted by molar-refractivity contribution is 6.30. The fourth-order valence-electron chi connectivity index (χ4n) is 1.87. The van der Waals surface area contributed by atoms with E-state index in [2.05, 4.69) is 0 Å². The highest BCUT2D eigenvalue weighted by Crippen LogP contribution is 2.36. The van der Waals surface area contributed by atoms with Crippen LogP contribution in [0.5, 0.6) is 0 Å². The third-order valence-corrected chi connectivity index (χ3v) is 2.98. The second kappa shape index (κ2) is 4.26. The molecule has 2 rings (SSSR count). The summed E-state index contributed by atoms with van der Waals surface area (Å²) < 4.78 is 5.16. The van der Waals surface area contributed by atoms with Crippen LogP contribution in [0.3, 0.4) is 0 Å². The first-order valence-electron chi connectivity index (χ1n) is 5.03. The standard InChI is InChI=1S/C12H11ClO3/c1-7(14)10-6-11(15)16-12(10)8-2-4-9(13)5-3-8/h2-5,10,12H,6H2,1H3. The molecular weight excluding hydrogens is 228 g/mol. The molecule has 0 amide bonds. The zero-order chi connectivity index (χ0) is 11.7. The largest absolute Gasteiger partial charge is 0.457 e. The van der Waals surface area contributed by atoms with E-state index in [9.17, 15) is 9.59 Å². The average molecular weight is 239 g/mol. The van der Waals surface area contributed by atoms with Crippen LogP contribution in [0.1, 0.15) is 25.0 Å². The fraction of sp³-hybridized carbons (Fsp3) is 0.333. The third kappa shape index (κ3) is 2.09. The van der Waals surface area contributed by atoms with Crippen molar-refractivity contribution in [2.75, 3.05) is 0 Å². The molecule has 0 N–H and O–H groups in total. The van der Waals surface area contributed by atoms with Gasteiger partial charge in [0.1, 0.15) is 11.9 Å². The van der Waals surface area contributed by atoms with Crippen LogP contribution in [-0.2, 0) is 14.3 Å². The number of carbonyl (C=O) groups is 2. The molecule has 0 bridgehead atoms. The summed E-state index contributed by atoms with van der Waals surface area (Å²) in [6, 6.07) is 7.00. The second-order valence-corrected chi connectivity index (χ2v) is 4.32. The van der Waals surface area contributed by atoms with Gasteiger partial charge in [-0.15, -0.1) is 0 Å². The van der Waals surface area contributed by atoms with Crippen molar-refractivity contribution in [2.24, 2.45) is 5.92 Å². The average Bonchev–Trinajstić information content (AvgIpc) is 2.61. The lowest BCUT2D eigenvalue weighted by Gasteiger charge is -2.15. The molecule has 1 aliphatic rings. The number of esters is 1. The van der Waals surface area contributed by atoms with Crippen LogP contribution in [0.25, 0.3) is 0 Å². The number of ketones is 1. The summed E-state index contributed by atoms with van der Waals surface area (Å²) in [6.45, 7) is 1.48. The normalized spacial score (nSPS) is 24.2. The number of benzene rings is 1. The van der Waals surface area contributed by atoms with Crippen LogP contribution >= 0.6 is 11.6 Å². The molecule has 2 atom stereocenters. The van der Waals surface area contributed by atoms with E-state index in [1.807, 2.05) is 0 Å². The minimum Gasteiger partial charge on any atom is -0.457 e. The molecule has 1 aliphatic heterocycles. The quantitative estimate of drug-likeness (QED) is 0.744. The molecule has 0 aromatic heterocycles. The predicted molar refractivity (Wildman–Crippen MR) is 59.1 cm³/mol. The highest BCUT2D eigenvalue weighted by atomic mass is 35.5. The molecule has 1 saturated heterocycles. The molecule has 84 valence electrons. The SMILES string of the molecule is CC(=O)C1CC(=O)OC1c1ccc(Cl)cc1. The van der Waals surface area contributed by atoms with Gasteiger partial charge in [-0.05, 0) is 24.6 Å². The van der Waals surface area contributed by atoms with Gasteiger partial charge in [0.15, 0.2) is 0 Å². The fourth-order valence-corrected chi connectivity index (χ4v) is 1.99. The maximum absolute atomic E-state index is 11.4. The van der Waals surface area contributed by atoms with Gasteiger partial charge < -0.3 is 4.74 Å². The van der Waals surface area contributed by atoms with Gasteiger partial charge in [-0.25, -0.2) is 0 Å². The van der Waals surface area contributed by atoms with Gasteiger partial charge in [-0.2, -0.15) is 0 Å². The van der Waals surface area contributed by atoms with E-state index in [0.29, 0.717) is 5.02 Å². The molecule has 2 unspecified atom stereocenters. The van der Waals surface area contributed by atoms with Gasteiger partial charge in [-0.3, -0.25) is 9.59 Å². The molecule has 0 spiro atoms. The van der Waals surface area contributed by atoms with E-state index in [4.69, 9.17) is 16.3 Å². The zero-order valence-corrected chi connectivity index (χ0v) is 9.53. The first kappa shape index (κ1) is 11.1. The molecule has 0 radical (unpaired) electrons. The van der Waals surface area contributed by atoms with Crippen LogP contribution in [0.2, 0.25) is 5.02 Å². The Bertz CT molecular complexity index is 424. The Morgan fingerprint density at radius 2 is 2.00 bits per heavy atom. The first-order valence-corrected chi connectivity index (χ1v) is 5.41. The Kier molecular flexibility index (Phi) is 2.97. The molecule has 0 saturated carbocycles. The summed E-state index contributed by atoms with van der Waals surface area (Å²) in [7, 11) is 0. The lowest BCUT2D eigenvalue weighted by molar-refractivity contribution is -0.141. The van der Waals surface area contributed by atoms with E-state index in [0.717, 1.165) is 5.56 Å². The number of rotatable bonds is 2. The van der Waals surface area contributed by atoms with Gasteiger partial charge in [0, 0.05) is 5.02 Å². The minimum atomic E-state index is -0.456. The van der Waals surface area contributed by atoms with E-state index < -0.39 is 6.10 Å². The Hall–Kier alpha value is -1.35. The lowest BCUT2D eigenvalue weighted by Crippen LogP contribution is -2.15. The van der Waals surface area contributed by atoms with Crippen LogP contribution < -0.4 is 0 Å². The number of ether oxygens (including phenoxy) is 1. The molecule has 4 heteroatoms. The molecule has 1 fully saturated rings. The Morgan fingerprint density at radius 1 is 1.38 bits per heavy atom. The first-order chi connectivity index (χ1) is 7.58. The molecular formula is C12H11ClO3.